The molecule has 2 atom stereocenters. The molecule has 6 nitrogen and oxygen atoms in total. The Balaban J connectivity index is 1.60. The molecule has 1 aromatic heterocycles. The summed E-state index contributed by atoms with van der Waals surface area (Å²) in [6.45, 7) is 4.93. The van der Waals surface area contributed by atoms with Gasteiger partial charge in [0.1, 0.15) is 5.82 Å². The lowest BCUT2D eigenvalue weighted by Gasteiger charge is -2.23. The highest BCUT2D eigenvalue weighted by Crippen LogP contribution is 2.37. The van der Waals surface area contributed by atoms with Crippen LogP contribution < -0.4 is 4.90 Å². The number of thioether (sulfide) groups is 2. The molecule has 9 heteroatoms. The van der Waals surface area contributed by atoms with Gasteiger partial charge < -0.3 is 4.90 Å². The van der Waals surface area contributed by atoms with E-state index in [1.54, 1.807) is 12.1 Å². The fraction of sp³-hybridized carbons (Fsp3) is 0.375. The van der Waals surface area contributed by atoms with Crippen molar-refractivity contribution in [1.82, 2.24) is 19.7 Å². The molecule has 0 N–H and O–H groups in total. The number of nitrogens with zero attached hydrogens (tertiary/aromatic N) is 5. The van der Waals surface area contributed by atoms with Crippen LogP contribution in [0.1, 0.15) is 32.1 Å². The Morgan fingerprint density at radius 1 is 1.21 bits per heavy atom. The van der Waals surface area contributed by atoms with Gasteiger partial charge in [0.25, 0.3) is 0 Å². The van der Waals surface area contributed by atoms with Gasteiger partial charge in [0, 0.05) is 22.4 Å². The summed E-state index contributed by atoms with van der Waals surface area (Å²) in [5.74, 6) is 0.721. The average Bonchev–Trinajstić information content (AvgIpc) is 3.14. The highest BCUT2D eigenvalue weighted by atomic mass is 32.2. The standard InChI is InChI=1S/C24H28FN5OS2/c1-16-13-14-29(20-7-5-6-8-21(20)33-16)22(31)15-32-24-27-26-23(17(2)28(3)4)30(24)19-11-9-18(25)10-12-19/h5-12,16-17H,13-15H2,1-4H3/t16-,17-/m0/s1. The molecule has 174 valence electrons. The van der Waals surface area contributed by atoms with Gasteiger partial charge in [-0.05, 0) is 63.8 Å². The molecule has 0 radical (unpaired) electrons. The number of rotatable bonds is 6. The number of halogens is 1. The molecule has 1 aliphatic heterocycles. The van der Waals surface area contributed by atoms with Crippen molar-refractivity contribution in [2.75, 3.05) is 31.3 Å². The van der Waals surface area contributed by atoms with Crippen LogP contribution >= 0.6 is 23.5 Å². The van der Waals surface area contributed by atoms with Crippen LogP contribution in [0.5, 0.6) is 0 Å². The molecule has 2 aromatic carbocycles. The largest absolute Gasteiger partial charge is 0.311 e. The molecule has 1 amide bonds. The monoisotopic (exact) mass is 485 g/mol. The Morgan fingerprint density at radius 3 is 2.67 bits per heavy atom. The van der Waals surface area contributed by atoms with E-state index in [1.807, 2.05) is 65.3 Å². The summed E-state index contributed by atoms with van der Waals surface area (Å²) in [5.41, 5.74) is 1.74. The number of amides is 1. The predicted molar refractivity (Wildman–Crippen MR) is 133 cm³/mol. The van der Waals surface area contributed by atoms with Crippen LogP contribution in [-0.2, 0) is 4.79 Å². The lowest BCUT2D eigenvalue weighted by molar-refractivity contribution is -0.116. The first-order chi connectivity index (χ1) is 15.8. The van der Waals surface area contributed by atoms with Gasteiger partial charge in [0.2, 0.25) is 5.91 Å². The fourth-order valence-corrected chi connectivity index (χ4v) is 5.61. The summed E-state index contributed by atoms with van der Waals surface area (Å²) in [4.78, 5) is 18.4. The van der Waals surface area contributed by atoms with E-state index in [0.717, 1.165) is 28.5 Å². The van der Waals surface area contributed by atoms with Gasteiger partial charge in [0.15, 0.2) is 11.0 Å². The van der Waals surface area contributed by atoms with Crippen LogP contribution in [0.25, 0.3) is 5.69 Å². The maximum Gasteiger partial charge on any atom is 0.237 e. The molecule has 0 spiro atoms. The lowest BCUT2D eigenvalue weighted by atomic mass is 10.2. The Hall–Kier alpha value is -2.36. The van der Waals surface area contributed by atoms with Crippen molar-refractivity contribution in [2.45, 2.75) is 41.6 Å². The zero-order chi connectivity index (χ0) is 23.5. The predicted octanol–water partition coefficient (Wildman–Crippen LogP) is 5.04. The van der Waals surface area contributed by atoms with Crippen molar-refractivity contribution < 1.29 is 9.18 Å². The minimum Gasteiger partial charge on any atom is -0.311 e. The first-order valence-corrected chi connectivity index (χ1v) is 12.8. The molecule has 2 heterocycles. The second-order valence-corrected chi connectivity index (χ2v) is 10.7. The van der Waals surface area contributed by atoms with E-state index in [0.29, 0.717) is 17.0 Å². The first-order valence-electron chi connectivity index (χ1n) is 10.9. The van der Waals surface area contributed by atoms with Crippen LogP contribution in [0.4, 0.5) is 10.1 Å². The number of carbonyl (C=O) groups is 1. The van der Waals surface area contributed by atoms with E-state index in [4.69, 9.17) is 0 Å². The Labute approximate surface area is 202 Å². The Kier molecular flexibility index (Phi) is 7.41. The molecular formula is C24H28FN5OS2. The summed E-state index contributed by atoms with van der Waals surface area (Å²) in [6.07, 6.45) is 0.937. The summed E-state index contributed by atoms with van der Waals surface area (Å²) in [6, 6.07) is 14.3. The molecule has 4 rings (SSSR count). The number of hydrogen-bond acceptors (Lipinski definition) is 6. The van der Waals surface area contributed by atoms with E-state index in [-0.39, 0.29) is 23.5 Å². The third-order valence-corrected chi connectivity index (χ3v) is 7.91. The quantitative estimate of drug-likeness (QED) is 0.456. The smallest absolute Gasteiger partial charge is 0.237 e. The number of carbonyl (C=O) groups excluding carboxylic acids is 1. The van der Waals surface area contributed by atoms with Gasteiger partial charge >= 0.3 is 0 Å². The minimum atomic E-state index is -0.301. The minimum absolute atomic E-state index is 0.0106. The normalized spacial score (nSPS) is 17.0. The fourth-order valence-electron chi connectivity index (χ4n) is 3.66. The maximum absolute atomic E-state index is 13.6. The van der Waals surface area contributed by atoms with Crippen LogP contribution in [-0.4, -0.2) is 57.2 Å². The van der Waals surface area contributed by atoms with E-state index >= 15 is 0 Å². The van der Waals surface area contributed by atoms with E-state index in [9.17, 15) is 9.18 Å². The molecule has 0 fully saturated rings. The molecule has 0 bridgehead atoms. The molecule has 0 aliphatic carbocycles. The van der Waals surface area contributed by atoms with Crippen LogP contribution in [0.15, 0.2) is 58.6 Å². The van der Waals surface area contributed by atoms with Crippen molar-refractivity contribution in [2.24, 2.45) is 0 Å². The van der Waals surface area contributed by atoms with Crippen molar-refractivity contribution in [3.8, 4) is 5.69 Å². The summed E-state index contributed by atoms with van der Waals surface area (Å²) in [7, 11) is 3.95. The van der Waals surface area contributed by atoms with Gasteiger partial charge in [-0.3, -0.25) is 14.3 Å². The van der Waals surface area contributed by atoms with Gasteiger partial charge in [-0.2, -0.15) is 0 Å². The summed E-state index contributed by atoms with van der Waals surface area (Å²) in [5, 5.41) is 9.87. The second-order valence-electron chi connectivity index (χ2n) is 8.31. The molecule has 33 heavy (non-hydrogen) atoms. The van der Waals surface area contributed by atoms with Crippen molar-refractivity contribution in [1.29, 1.82) is 0 Å². The number of anilines is 1. The molecule has 0 unspecified atom stereocenters. The Morgan fingerprint density at radius 2 is 1.94 bits per heavy atom. The molecule has 0 saturated heterocycles. The number of fused-ring (bicyclic) bond motifs is 1. The zero-order valence-electron chi connectivity index (χ0n) is 19.2. The average molecular weight is 486 g/mol. The zero-order valence-corrected chi connectivity index (χ0v) is 20.9. The van der Waals surface area contributed by atoms with Gasteiger partial charge in [-0.25, -0.2) is 4.39 Å². The molecular weight excluding hydrogens is 457 g/mol. The first kappa shape index (κ1) is 23.8. The van der Waals surface area contributed by atoms with Crippen LogP contribution in [0.2, 0.25) is 0 Å². The van der Waals surface area contributed by atoms with Crippen LogP contribution in [0.3, 0.4) is 0 Å². The third-order valence-electron chi connectivity index (χ3n) is 5.76. The lowest BCUT2D eigenvalue weighted by Crippen LogP contribution is -2.33. The Bertz CT molecular complexity index is 1120. The van der Waals surface area contributed by atoms with Crippen LogP contribution in [0, 0.1) is 5.82 Å². The summed E-state index contributed by atoms with van der Waals surface area (Å²) >= 11 is 3.18. The maximum atomic E-state index is 13.6. The molecule has 1 aliphatic rings. The van der Waals surface area contributed by atoms with Gasteiger partial charge in [-0.15, -0.1) is 22.0 Å². The molecule has 3 aromatic rings. The topological polar surface area (TPSA) is 54.3 Å². The molecule has 0 saturated carbocycles. The highest BCUT2D eigenvalue weighted by Gasteiger charge is 2.26. The number of benzene rings is 2. The number of aromatic nitrogens is 3. The van der Waals surface area contributed by atoms with Crippen molar-refractivity contribution in [3.05, 3.63) is 60.2 Å². The number of para-hydroxylation sites is 1. The SMILES string of the molecule is C[C@H]1CCN(C(=O)CSc2nnc([C@H](C)N(C)C)n2-c2ccc(F)cc2)c2ccccc2S1. The van der Waals surface area contributed by atoms with E-state index in [1.165, 1.54) is 23.9 Å². The van der Waals surface area contributed by atoms with Gasteiger partial charge in [0.05, 0.1) is 17.5 Å². The third kappa shape index (κ3) is 5.26. The summed E-state index contributed by atoms with van der Waals surface area (Å²) < 4.78 is 15.5. The highest BCUT2D eigenvalue weighted by molar-refractivity contribution is 8.00. The van der Waals surface area contributed by atoms with E-state index in [2.05, 4.69) is 23.2 Å². The van der Waals surface area contributed by atoms with Crippen molar-refractivity contribution in [3.63, 3.8) is 0 Å². The van der Waals surface area contributed by atoms with Gasteiger partial charge in [-0.1, -0.05) is 30.8 Å². The van der Waals surface area contributed by atoms with E-state index < -0.39 is 0 Å². The second kappa shape index (κ2) is 10.3. The van der Waals surface area contributed by atoms with Crippen molar-refractivity contribution >= 4 is 35.1 Å². The number of hydrogen-bond donors (Lipinski definition) is 0.